The Morgan fingerprint density at radius 2 is 2.00 bits per heavy atom. The average molecular weight is 280 g/mol. The Bertz CT molecular complexity index is 435. The van der Waals surface area contributed by atoms with Crippen LogP contribution in [0.5, 0.6) is 0 Å². The highest BCUT2D eigenvalue weighted by Gasteiger charge is 2.20. The largest absolute Gasteiger partial charge is 0.368 e. The van der Waals surface area contributed by atoms with E-state index in [4.69, 9.17) is 11.6 Å². The van der Waals surface area contributed by atoms with Crippen LogP contribution in [0.1, 0.15) is 24.4 Å². The molecule has 1 aromatic rings. The lowest BCUT2D eigenvalue weighted by Crippen LogP contribution is -2.44. The monoisotopic (exact) mass is 279 g/mol. The van der Waals surface area contributed by atoms with Crippen LogP contribution in [0, 0.1) is 0 Å². The van der Waals surface area contributed by atoms with E-state index in [-0.39, 0.29) is 0 Å². The first-order valence-electron chi connectivity index (χ1n) is 7.20. The van der Waals surface area contributed by atoms with Gasteiger partial charge in [-0.2, -0.15) is 0 Å². The van der Waals surface area contributed by atoms with Gasteiger partial charge < -0.3 is 15.1 Å². The molecule has 0 aromatic heterocycles. The minimum absolute atomic E-state index is 0.499. The number of benzene rings is 1. The van der Waals surface area contributed by atoms with Crippen LogP contribution in [-0.2, 0) is 0 Å². The molecular formula is C15H22ClN3. The number of rotatable bonds is 2. The zero-order valence-electron chi connectivity index (χ0n) is 11.5. The fourth-order valence-corrected chi connectivity index (χ4v) is 3.32. The van der Waals surface area contributed by atoms with Gasteiger partial charge in [-0.1, -0.05) is 17.7 Å². The zero-order chi connectivity index (χ0) is 13.2. The van der Waals surface area contributed by atoms with E-state index in [0.717, 1.165) is 37.7 Å². The summed E-state index contributed by atoms with van der Waals surface area (Å²) in [6.07, 6.45) is 2.49. The van der Waals surface area contributed by atoms with Crippen LogP contribution in [0.15, 0.2) is 18.2 Å². The summed E-state index contributed by atoms with van der Waals surface area (Å²) in [6.45, 7) is 5.49. The first-order chi connectivity index (χ1) is 9.24. The number of hydrogen-bond acceptors (Lipinski definition) is 3. The fourth-order valence-electron chi connectivity index (χ4n) is 3.01. The molecule has 2 fully saturated rings. The average Bonchev–Trinajstić information content (AvgIpc) is 2.94. The van der Waals surface area contributed by atoms with E-state index in [1.807, 2.05) is 0 Å². The summed E-state index contributed by atoms with van der Waals surface area (Å²) in [4.78, 5) is 4.76. The number of nitrogens with one attached hydrogen (secondary N) is 1. The summed E-state index contributed by atoms with van der Waals surface area (Å²) >= 11 is 6.49. The van der Waals surface area contributed by atoms with Crippen molar-refractivity contribution in [1.29, 1.82) is 0 Å². The molecule has 0 aliphatic carbocycles. The lowest BCUT2D eigenvalue weighted by Gasteiger charge is -2.34. The fraction of sp³-hybridized carbons (Fsp3) is 0.600. The molecule has 19 heavy (non-hydrogen) atoms. The molecule has 0 radical (unpaired) electrons. The zero-order valence-corrected chi connectivity index (χ0v) is 12.3. The Balaban J connectivity index is 1.75. The van der Waals surface area contributed by atoms with Crippen LogP contribution in [0.25, 0.3) is 0 Å². The predicted molar refractivity (Wildman–Crippen MR) is 81.1 cm³/mol. The molecule has 2 saturated heterocycles. The van der Waals surface area contributed by atoms with Crippen LogP contribution < -0.4 is 10.2 Å². The number of piperazine rings is 1. The van der Waals surface area contributed by atoms with E-state index in [0.29, 0.717) is 6.04 Å². The molecule has 1 unspecified atom stereocenters. The minimum atomic E-state index is 0.499. The molecule has 3 rings (SSSR count). The van der Waals surface area contributed by atoms with Gasteiger partial charge in [-0.15, -0.1) is 0 Å². The third kappa shape index (κ3) is 2.88. The molecule has 2 aliphatic rings. The molecule has 0 amide bonds. The molecule has 1 aromatic carbocycles. The molecule has 104 valence electrons. The van der Waals surface area contributed by atoms with Crippen molar-refractivity contribution in [1.82, 2.24) is 10.2 Å². The highest BCUT2D eigenvalue weighted by Crippen LogP contribution is 2.32. The van der Waals surface area contributed by atoms with Gasteiger partial charge in [-0.05, 0) is 44.1 Å². The normalized spacial score (nSPS) is 24.9. The van der Waals surface area contributed by atoms with Crippen LogP contribution in [-0.4, -0.2) is 44.7 Å². The van der Waals surface area contributed by atoms with Crippen molar-refractivity contribution in [3.05, 3.63) is 28.8 Å². The van der Waals surface area contributed by atoms with Crippen LogP contribution in [0.4, 0.5) is 5.69 Å². The summed E-state index contributed by atoms with van der Waals surface area (Å²) in [5.41, 5.74) is 2.52. The van der Waals surface area contributed by atoms with E-state index in [1.54, 1.807) is 0 Å². The lowest BCUT2D eigenvalue weighted by atomic mass is 10.0. The van der Waals surface area contributed by atoms with Crippen LogP contribution in [0.3, 0.4) is 0 Å². The summed E-state index contributed by atoms with van der Waals surface area (Å²) in [7, 11) is 2.17. The van der Waals surface area contributed by atoms with E-state index < -0.39 is 0 Å². The van der Waals surface area contributed by atoms with Crippen molar-refractivity contribution >= 4 is 17.3 Å². The lowest BCUT2D eigenvalue weighted by molar-refractivity contribution is 0.313. The topological polar surface area (TPSA) is 18.5 Å². The second kappa shape index (κ2) is 5.70. The highest BCUT2D eigenvalue weighted by atomic mass is 35.5. The van der Waals surface area contributed by atoms with E-state index in [9.17, 15) is 0 Å². The molecule has 0 saturated carbocycles. The van der Waals surface area contributed by atoms with Gasteiger partial charge in [0.05, 0.1) is 10.7 Å². The molecule has 2 aliphatic heterocycles. The van der Waals surface area contributed by atoms with Gasteiger partial charge in [0, 0.05) is 32.2 Å². The number of halogens is 1. The first kappa shape index (κ1) is 13.2. The molecule has 2 heterocycles. The van der Waals surface area contributed by atoms with Gasteiger partial charge in [0.1, 0.15) is 0 Å². The highest BCUT2D eigenvalue weighted by molar-refractivity contribution is 6.33. The van der Waals surface area contributed by atoms with Gasteiger partial charge in [-0.25, -0.2) is 0 Å². The predicted octanol–water partition coefficient (Wildman–Crippen LogP) is 2.52. The van der Waals surface area contributed by atoms with Crippen molar-refractivity contribution in [2.75, 3.05) is 44.7 Å². The minimum Gasteiger partial charge on any atom is -0.368 e. The summed E-state index contributed by atoms with van der Waals surface area (Å²) in [6, 6.07) is 7.09. The number of anilines is 1. The quantitative estimate of drug-likeness (QED) is 0.897. The van der Waals surface area contributed by atoms with Crippen molar-refractivity contribution < 1.29 is 0 Å². The first-order valence-corrected chi connectivity index (χ1v) is 7.58. The maximum Gasteiger partial charge on any atom is 0.0642 e. The smallest absolute Gasteiger partial charge is 0.0642 e. The number of hydrogen-bond donors (Lipinski definition) is 1. The molecule has 3 nitrogen and oxygen atoms in total. The Hall–Kier alpha value is -0.770. The Labute approximate surface area is 120 Å². The SMILES string of the molecule is CN1CCN(c2ccc(C3CCCN3)cc2Cl)CC1. The Morgan fingerprint density at radius 3 is 2.63 bits per heavy atom. The molecule has 4 heteroatoms. The molecule has 0 spiro atoms. The van der Waals surface area contributed by atoms with E-state index in [1.165, 1.54) is 24.1 Å². The summed E-state index contributed by atoms with van der Waals surface area (Å²) in [5.74, 6) is 0. The Morgan fingerprint density at radius 1 is 1.21 bits per heavy atom. The van der Waals surface area contributed by atoms with Crippen LogP contribution in [0.2, 0.25) is 5.02 Å². The van der Waals surface area contributed by atoms with Crippen molar-refractivity contribution in [3.63, 3.8) is 0 Å². The number of likely N-dealkylation sites (N-methyl/N-ethyl adjacent to an activating group) is 1. The van der Waals surface area contributed by atoms with Crippen LogP contribution >= 0.6 is 11.6 Å². The van der Waals surface area contributed by atoms with Gasteiger partial charge in [0.2, 0.25) is 0 Å². The second-order valence-corrected chi connectivity index (χ2v) is 6.06. The maximum atomic E-state index is 6.49. The van der Waals surface area contributed by atoms with Gasteiger partial charge in [-0.3, -0.25) is 0 Å². The van der Waals surface area contributed by atoms with Crippen molar-refractivity contribution in [2.24, 2.45) is 0 Å². The molecular weight excluding hydrogens is 258 g/mol. The summed E-state index contributed by atoms with van der Waals surface area (Å²) < 4.78 is 0. The Kier molecular flexibility index (Phi) is 3.96. The van der Waals surface area contributed by atoms with E-state index in [2.05, 4.69) is 40.4 Å². The maximum absolute atomic E-state index is 6.49. The number of nitrogens with zero attached hydrogens (tertiary/aromatic N) is 2. The van der Waals surface area contributed by atoms with Gasteiger partial charge in [0.15, 0.2) is 0 Å². The second-order valence-electron chi connectivity index (χ2n) is 5.65. The van der Waals surface area contributed by atoms with Crippen molar-refractivity contribution in [3.8, 4) is 0 Å². The molecule has 0 bridgehead atoms. The third-order valence-corrected chi connectivity index (χ3v) is 4.58. The summed E-state index contributed by atoms with van der Waals surface area (Å²) in [5, 5.41) is 4.42. The molecule has 1 N–H and O–H groups in total. The third-order valence-electron chi connectivity index (χ3n) is 4.28. The van der Waals surface area contributed by atoms with Crippen molar-refractivity contribution in [2.45, 2.75) is 18.9 Å². The van der Waals surface area contributed by atoms with E-state index >= 15 is 0 Å². The van der Waals surface area contributed by atoms with Gasteiger partial charge >= 0.3 is 0 Å². The molecule has 1 atom stereocenters. The standard InChI is InChI=1S/C15H22ClN3/c1-18-7-9-19(10-8-18)15-5-4-12(11-13(15)16)14-3-2-6-17-14/h4-5,11,14,17H,2-3,6-10H2,1H3. The van der Waals surface area contributed by atoms with Gasteiger partial charge in [0.25, 0.3) is 0 Å².